The van der Waals surface area contributed by atoms with Crippen LogP contribution in [-0.2, 0) is 10.6 Å². The van der Waals surface area contributed by atoms with Crippen LogP contribution in [0, 0.1) is 5.92 Å². The van der Waals surface area contributed by atoms with Crippen molar-refractivity contribution < 1.29 is 4.18 Å². The summed E-state index contributed by atoms with van der Waals surface area (Å²) in [6.07, 6.45) is 9.55. The number of nitrogens with one attached hydrogen (secondary N) is 1. The lowest BCUT2D eigenvalue weighted by atomic mass is 10.1. The molecule has 0 aliphatic heterocycles. The molecule has 3 aromatic rings. The minimum Gasteiger partial charge on any atom is -0.363 e. The zero-order chi connectivity index (χ0) is 18.2. The first-order chi connectivity index (χ1) is 13.3. The fourth-order valence-electron chi connectivity index (χ4n) is 4.81. The van der Waals surface area contributed by atoms with Gasteiger partial charge in [-0.25, -0.2) is 9.97 Å². The Kier molecular flexibility index (Phi) is 4.53. The van der Waals surface area contributed by atoms with Gasteiger partial charge in [0.15, 0.2) is 0 Å². The molecule has 1 N–H and O–H groups in total. The predicted octanol–water partition coefficient (Wildman–Crippen LogP) is 4.73. The van der Waals surface area contributed by atoms with E-state index >= 15 is 0 Å². The van der Waals surface area contributed by atoms with E-state index < -0.39 is 0 Å². The average molecular weight is 381 g/mol. The monoisotopic (exact) mass is 380 g/mol. The van der Waals surface area contributed by atoms with Gasteiger partial charge in [0.05, 0.1) is 18.0 Å². The molecule has 6 heteroatoms. The molecule has 1 saturated carbocycles. The molecule has 2 aliphatic carbocycles. The largest absolute Gasteiger partial charge is 0.363 e. The molecule has 1 fully saturated rings. The summed E-state index contributed by atoms with van der Waals surface area (Å²) in [5.74, 6) is 1.52. The van der Waals surface area contributed by atoms with Crippen LogP contribution < -0.4 is 5.32 Å². The van der Waals surface area contributed by atoms with Gasteiger partial charge in [-0.1, -0.05) is 24.3 Å². The lowest BCUT2D eigenvalue weighted by Crippen LogP contribution is -2.10. The van der Waals surface area contributed by atoms with Crippen molar-refractivity contribution in [2.75, 3.05) is 11.9 Å². The molecule has 2 heterocycles. The van der Waals surface area contributed by atoms with E-state index in [-0.39, 0.29) is 0 Å². The van der Waals surface area contributed by atoms with E-state index in [2.05, 4.69) is 69.3 Å². The van der Waals surface area contributed by atoms with Crippen LogP contribution >= 0.6 is 12.9 Å². The molecule has 3 atom stereocenters. The molecule has 0 radical (unpaired) electrons. The van der Waals surface area contributed by atoms with Crippen molar-refractivity contribution in [1.29, 1.82) is 0 Å². The highest BCUT2D eigenvalue weighted by molar-refractivity contribution is 7.75. The molecule has 0 amide bonds. The molecule has 0 bridgehead atoms. The van der Waals surface area contributed by atoms with E-state index in [1.807, 2.05) is 0 Å². The Morgan fingerprint density at radius 1 is 1.15 bits per heavy atom. The van der Waals surface area contributed by atoms with Gasteiger partial charge in [-0.05, 0) is 68.1 Å². The molecular weight excluding hydrogens is 356 g/mol. The number of rotatable bonds is 5. The van der Waals surface area contributed by atoms with Crippen molar-refractivity contribution >= 4 is 29.8 Å². The zero-order valence-corrected chi connectivity index (χ0v) is 16.1. The maximum atomic E-state index is 5.05. The second-order valence-corrected chi connectivity index (χ2v) is 8.00. The molecule has 0 unspecified atom stereocenters. The Labute approximate surface area is 164 Å². The van der Waals surface area contributed by atoms with E-state index in [1.54, 1.807) is 6.33 Å². The number of aryl methyl sites for hydroxylation is 1. The highest BCUT2D eigenvalue weighted by atomic mass is 32.1. The fourth-order valence-corrected chi connectivity index (χ4v) is 5.02. The van der Waals surface area contributed by atoms with Crippen LogP contribution in [0.4, 0.5) is 5.82 Å². The molecule has 5 rings (SSSR count). The van der Waals surface area contributed by atoms with Gasteiger partial charge >= 0.3 is 0 Å². The third-order valence-corrected chi connectivity index (χ3v) is 6.32. The van der Waals surface area contributed by atoms with Gasteiger partial charge in [-0.3, -0.25) is 0 Å². The topological polar surface area (TPSA) is 52.0 Å². The zero-order valence-electron chi connectivity index (χ0n) is 15.2. The first-order valence-corrected chi connectivity index (χ1v) is 10.1. The van der Waals surface area contributed by atoms with Gasteiger partial charge in [-0.2, -0.15) is 0 Å². The van der Waals surface area contributed by atoms with Gasteiger partial charge < -0.3 is 14.1 Å². The minimum atomic E-state index is 0.325. The molecule has 140 valence electrons. The number of hydrogen-bond donors (Lipinski definition) is 2. The Balaban J connectivity index is 1.42. The van der Waals surface area contributed by atoms with Crippen LogP contribution in [0.2, 0.25) is 0 Å². The number of fused-ring (bicyclic) bond motifs is 2. The molecule has 2 aliphatic rings. The number of anilines is 1. The van der Waals surface area contributed by atoms with Crippen LogP contribution in [0.15, 0.2) is 42.9 Å². The molecule has 0 saturated heterocycles. The molecule has 27 heavy (non-hydrogen) atoms. The smallest absolute Gasteiger partial charge is 0.145 e. The quantitative estimate of drug-likeness (QED) is 0.496. The average Bonchev–Trinajstić information content (AvgIpc) is 3.41. The van der Waals surface area contributed by atoms with Gasteiger partial charge in [0, 0.05) is 12.2 Å². The standard InChI is InChI=1S/C21H24N4OS/c27-26-12-14-5-7-16(11-14)25-10-9-18-20(22-13-23-21(18)25)24-19-8-6-15-3-1-2-4-17(15)19/h1-4,9-10,13-14,16,19,27H,5-8,11-12H2,(H,22,23,24)/t14-,16-,19-/m0/s1. The van der Waals surface area contributed by atoms with Gasteiger partial charge in [0.25, 0.3) is 0 Å². The molecule has 0 spiro atoms. The van der Waals surface area contributed by atoms with Crippen LogP contribution in [0.5, 0.6) is 0 Å². The van der Waals surface area contributed by atoms with E-state index in [4.69, 9.17) is 4.18 Å². The Morgan fingerprint density at radius 3 is 3.00 bits per heavy atom. The summed E-state index contributed by atoms with van der Waals surface area (Å²) in [4.78, 5) is 9.16. The van der Waals surface area contributed by atoms with Crippen molar-refractivity contribution in [3.05, 3.63) is 54.0 Å². The molecule has 2 aromatic heterocycles. The summed E-state index contributed by atoms with van der Waals surface area (Å²) in [5.41, 5.74) is 3.87. The highest BCUT2D eigenvalue weighted by Crippen LogP contribution is 2.38. The van der Waals surface area contributed by atoms with E-state index in [9.17, 15) is 0 Å². The minimum absolute atomic E-state index is 0.325. The SMILES string of the molecule is SOC[C@H]1CC[C@H](n2ccc3c(N[C@H]4CCc5ccccc54)ncnc32)C1. The lowest BCUT2D eigenvalue weighted by Gasteiger charge is -2.16. The predicted molar refractivity (Wildman–Crippen MR) is 110 cm³/mol. The van der Waals surface area contributed by atoms with E-state index in [0.29, 0.717) is 18.0 Å². The third-order valence-electron chi connectivity index (χ3n) is 6.17. The summed E-state index contributed by atoms with van der Waals surface area (Å²) >= 11 is 3.91. The fraction of sp³-hybridized carbons (Fsp3) is 0.429. The summed E-state index contributed by atoms with van der Waals surface area (Å²) in [7, 11) is 0. The summed E-state index contributed by atoms with van der Waals surface area (Å²) in [6.45, 7) is 0.724. The van der Waals surface area contributed by atoms with Crippen molar-refractivity contribution in [2.24, 2.45) is 5.92 Å². The van der Waals surface area contributed by atoms with Crippen molar-refractivity contribution in [1.82, 2.24) is 14.5 Å². The number of thiol groups is 1. The Bertz CT molecular complexity index is 956. The molecule has 1 aromatic carbocycles. The van der Waals surface area contributed by atoms with Crippen LogP contribution in [0.3, 0.4) is 0 Å². The highest BCUT2D eigenvalue weighted by Gasteiger charge is 2.28. The maximum Gasteiger partial charge on any atom is 0.145 e. The van der Waals surface area contributed by atoms with Crippen molar-refractivity contribution in [2.45, 2.75) is 44.2 Å². The molecular formula is C21H24N4OS. The van der Waals surface area contributed by atoms with Crippen molar-refractivity contribution in [3.63, 3.8) is 0 Å². The van der Waals surface area contributed by atoms with E-state index in [0.717, 1.165) is 49.1 Å². The summed E-state index contributed by atoms with van der Waals surface area (Å²) in [5, 5.41) is 4.79. The van der Waals surface area contributed by atoms with Gasteiger partial charge in [0.2, 0.25) is 0 Å². The summed E-state index contributed by atoms with van der Waals surface area (Å²) < 4.78 is 7.37. The lowest BCUT2D eigenvalue weighted by molar-refractivity contribution is 0.291. The Morgan fingerprint density at radius 2 is 2.07 bits per heavy atom. The van der Waals surface area contributed by atoms with Crippen molar-refractivity contribution in [3.8, 4) is 0 Å². The summed E-state index contributed by atoms with van der Waals surface area (Å²) in [6, 6.07) is 11.7. The first-order valence-electron chi connectivity index (χ1n) is 9.75. The second-order valence-electron chi connectivity index (χ2n) is 7.75. The molecule has 5 nitrogen and oxygen atoms in total. The number of aromatic nitrogens is 3. The van der Waals surface area contributed by atoms with Gasteiger partial charge in [-0.15, -0.1) is 0 Å². The van der Waals surface area contributed by atoms with Gasteiger partial charge in [0.1, 0.15) is 17.8 Å². The van der Waals surface area contributed by atoms with Crippen LogP contribution in [0.1, 0.15) is 48.9 Å². The first kappa shape index (κ1) is 17.1. The Hall–Kier alpha value is -2.05. The maximum absolute atomic E-state index is 5.05. The number of hydrogen-bond acceptors (Lipinski definition) is 5. The normalized spacial score (nSPS) is 24.4. The van der Waals surface area contributed by atoms with E-state index in [1.165, 1.54) is 17.5 Å². The van der Waals surface area contributed by atoms with Crippen LogP contribution in [-0.4, -0.2) is 21.1 Å². The number of nitrogens with zero attached hydrogens (tertiary/aromatic N) is 3. The second kappa shape index (κ2) is 7.17. The van der Waals surface area contributed by atoms with Crippen LogP contribution in [0.25, 0.3) is 11.0 Å². The number of benzene rings is 1. The third kappa shape index (κ3) is 3.11.